The summed E-state index contributed by atoms with van der Waals surface area (Å²) in [4.78, 5) is 14.6. The Morgan fingerprint density at radius 1 is 1.36 bits per heavy atom. The minimum atomic E-state index is -0.303. The lowest BCUT2D eigenvalue weighted by molar-refractivity contribution is -0.0410. The highest BCUT2D eigenvalue weighted by atomic mass is 19.1. The zero-order valence-corrected chi connectivity index (χ0v) is 14.8. The molecule has 2 aliphatic heterocycles. The van der Waals surface area contributed by atoms with Crippen molar-refractivity contribution in [1.29, 1.82) is 0 Å². The molecule has 1 amide bonds. The van der Waals surface area contributed by atoms with Gasteiger partial charge in [-0.3, -0.25) is 4.79 Å². The zero-order chi connectivity index (χ0) is 17.4. The van der Waals surface area contributed by atoms with E-state index in [-0.39, 0.29) is 23.4 Å². The fraction of sp³-hybridized carbons (Fsp3) is 0.650. The van der Waals surface area contributed by atoms with Gasteiger partial charge in [0.1, 0.15) is 5.82 Å². The Morgan fingerprint density at radius 3 is 2.80 bits per heavy atom. The molecule has 1 aromatic carbocycles. The SMILES string of the molecule is Cc1cc(F)ccc1C(=O)N1CCC2(CC1)C[C@H](OCC1CC1)CO2. The van der Waals surface area contributed by atoms with Crippen LogP contribution >= 0.6 is 0 Å². The van der Waals surface area contributed by atoms with Gasteiger partial charge < -0.3 is 14.4 Å². The van der Waals surface area contributed by atoms with E-state index in [1.54, 1.807) is 13.0 Å². The first-order valence-electron chi connectivity index (χ1n) is 9.36. The van der Waals surface area contributed by atoms with Crippen LogP contribution in [0, 0.1) is 18.7 Å². The maximum Gasteiger partial charge on any atom is 0.254 e. The van der Waals surface area contributed by atoms with Crippen LogP contribution in [0.2, 0.25) is 0 Å². The number of nitrogens with zero attached hydrogens (tertiary/aromatic N) is 1. The Balaban J connectivity index is 1.32. The summed E-state index contributed by atoms with van der Waals surface area (Å²) < 4.78 is 25.3. The number of rotatable bonds is 4. The van der Waals surface area contributed by atoms with E-state index in [0.29, 0.717) is 30.8 Å². The number of ether oxygens (including phenoxy) is 2. The van der Waals surface area contributed by atoms with Crippen LogP contribution in [0.25, 0.3) is 0 Å². The molecule has 3 aliphatic rings. The van der Waals surface area contributed by atoms with Gasteiger partial charge in [-0.1, -0.05) is 0 Å². The van der Waals surface area contributed by atoms with E-state index >= 15 is 0 Å². The number of carbonyl (C=O) groups excluding carboxylic acids is 1. The maximum absolute atomic E-state index is 13.3. The molecule has 136 valence electrons. The summed E-state index contributed by atoms with van der Waals surface area (Å²) in [6.45, 7) is 4.70. The average molecular weight is 347 g/mol. The number of piperidine rings is 1. The second-order valence-corrected chi connectivity index (χ2v) is 7.85. The van der Waals surface area contributed by atoms with Crippen molar-refractivity contribution in [2.24, 2.45) is 5.92 Å². The Labute approximate surface area is 148 Å². The van der Waals surface area contributed by atoms with Crippen LogP contribution < -0.4 is 0 Å². The smallest absolute Gasteiger partial charge is 0.254 e. The molecular weight excluding hydrogens is 321 g/mol. The van der Waals surface area contributed by atoms with Gasteiger partial charge in [-0.05, 0) is 62.3 Å². The van der Waals surface area contributed by atoms with E-state index in [1.807, 2.05) is 4.90 Å². The first-order valence-corrected chi connectivity index (χ1v) is 9.36. The van der Waals surface area contributed by atoms with Gasteiger partial charge in [0.05, 0.1) is 18.3 Å². The quantitative estimate of drug-likeness (QED) is 0.839. The molecule has 2 saturated heterocycles. The minimum absolute atomic E-state index is 0.00752. The average Bonchev–Trinajstić information content (AvgIpc) is 3.35. The third-order valence-electron chi connectivity index (χ3n) is 5.82. The number of hydrogen-bond donors (Lipinski definition) is 0. The molecule has 0 aromatic heterocycles. The molecule has 0 N–H and O–H groups in total. The number of halogens is 1. The van der Waals surface area contributed by atoms with Gasteiger partial charge in [0.15, 0.2) is 0 Å². The normalized spacial score (nSPS) is 25.5. The second-order valence-electron chi connectivity index (χ2n) is 7.85. The number of carbonyl (C=O) groups is 1. The molecule has 25 heavy (non-hydrogen) atoms. The van der Waals surface area contributed by atoms with Crippen LogP contribution in [0.15, 0.2) is 18.2 Å². The van der Waals surface area contributed by atoms with Crippen molar-refractivity contribution in [2.75, 3.05) is 26.3 Å². The molecular formula is C20H26FNO3. The minimum Gasteiger partial charge on any atom is -0.375 e. The topological polar surface area (TPSA) is 38.8 Å². The number of likely N-dealkylation sites (tertiary alicyclic amines) is 1. The van der Waals surface area contributed by atoms with E-state index in [2.05, 4.69) is 0 Å². The monoisotopic (exact) mass is 347 g/mol. The molecule has 1 aromatic rings. The molecule has 1 atom stereocenters. The summed E-state index contributed by atoms with van der Waals surface area (Å²) in [6.07, 6.45) is 5.46. The van der Waals surface area contributed by atoms with Gasteiger partial charge in [0.25, 0.3) is 5.91 Å². The Bertz CT molecular complexity index is 650. The standard InChI is InChI=1S/C20H26FNO3/c1-14-10-16(21)4-5-18(14)19(23)22-8-6-20(7-9-22)11-17(13-25-20)24-12-15-2-3-15/h4-5,10,15,17H,2-3,6-9,11-13H2,1H3/t17-/m0/s1. The number of hydrogen-bond acceptors (Lipinski definition) is 3. The first kappa shape index (κ1) is 17.0. The third kappa shape index (κ3) is 3.72. The molecule has 0 bridgehead atoms. The van der Waals surface area contributed by atoms with Crippen LogP contribution in [-0.4, -0.2) is 48.8 Å². The summed E-state index contributed by atoms with van der Waals surface area (Å²) >= 11 is 0. The van der Waals surface area contributed by atoms with Crippen molar-refractivity contribution in [3.05, 3.63) is 35.1 Å². The highest BCUT2D eigenvalue weighted by molar-refractivity contribution is 5.95. The van der Waals surface area contributed by atoms with E-state index in [1.165, 1.54) is 25.0 Å². The van der Waals surface area contributed by atoms with Crippen LogP contribution in [-0.2, 0) is 9.47 Å². The van der Waals surface area contributed by atoms with Crippen LogP contribution in [0.4, 0.5) is 4.39 Å². The Morgan fingerprint density at radius 2 is 2.12 bits per heavy atom. The number of aryl methyl sites for hydroxylation is 1. The first-order chi connectivity index (χ1) is 12.0. The summed E-state index contributed by atoms with van der Waals surface area (Å²) in [5.74, 6) is 0.463. The molecule has 1 saturated carbocycles. The predicted octanol–water partition coefficient (Wildman–Crippen LogP) is 3.32. The van der Waals surface area contributed by atoms with Gasteiger partial charge in [0, 0.05) is 31.7 Å². The largest absolute Gasteiger partial charge is 0.375 e. The number of amides is 1. The third-order valence-corrected chi connectivity index (χ3v) is 5.82. The van der Waals surface area contributed by atoms with Crippen LogP contribution in [0.3, 0.4) is 0 Å². The highest BCUT2D eigenvalue weighted by Gasteiger charge is 2.44. The molecule has 4 nitrogen and oxygen atoms in total. The van der Waals surface area contributed by atoms with E-state index in [4.69, 9.17) is 9.47 Å². The van der Waals surface area contributed by atoms with Crippen molar-refractivity contribution >= 4 is 5.91 Å². The lowest BCUT2D eigenvalue weighted by Gasteiger charge is -2.38. The summed E-state index contributed by atoms with van der Waals surface area (Å²) in [5.41, 5.74) is 1.16. The van der Waals surface area contributed by atoms with E-state index in [9.17, 15) is 9.18 Å². The van der Waals surface area contributed by atoms with Crippen molar-refractivity contribution in [2.45, 2.75) is 50.7 Å². The van der Waals surface area contributed by atoms with Crippen LogP contribution in [0.5, 0.6) is 0 Å². The lowest BCUT2D eigenvalue weighted by atomic mass is 9.87. The Kier molecular flexibility index (Phi) is 4.54. The van der Waals surface area contributed by atoms with Crippen molar-refractivity contribution in [3.63, 3.8) is 0 Å². The van der Waals surface area contributed by atoms with Crippen molar-refractivity contribution in [3.8, 4) is 0 Å². The van der Waals surface area contributed by atoms with Crippen molar-refractivity contribution in [1.82, 2.24) is 4.90 Å². The van der Waals surface area contributed by atoms with Gasteiger partial charge in [-0.2, -0.15) is 0 Å². The summed E-state index contributed by atoms with van der Waals surface area (Å²) in [6, 6.07) is 4.36. The predicted molar refractivity (Wildman–Crippen MR) is 92.0 cm³/mol. The van der Waals surface area contributed by atoms with Crippen LogP contribution in [0.1, 0.15) is 48.0 Å². The summed E-state index contributed by atoms with van der Waals surface area (Å²) in [7, 11) is 0. The number of benzene rings is 1. The van der Waals surface area contributed by atoms with Crippen molar-refractivity contribution < 1.29 is 18.7 Å². The summed E-state index contributed by atoms with van der Waals surface area (Å²) in [5, 5.41) is 0. The lowest BCUT2D eigenvalue weighted by Crippen LogP contribution is -2.46. The van der Waals surface area contributed by atoms with Gasteiger partial charge >= 0.3 is 0 Å². The van der Waals surface area contributed by atoms with E-state index in [0.717, 1.165) is 31.8 Å². The van der Waals surface area contributed by atoms with Gasteiger partial charge in [0.2, 0.25) is 0 Å². The zero-order valence-electron chi connectivity index (χ0n) is 14.8. The molecule has 5 heteroatoms. The van der Waals surface area contributed by atoms with E-state index < -0.39 is 0 Å². The molecule has 0 radical (unpaired) electrons. The fourth-order valence-electron chi connectivity index (χ4n) is 3.97. The second kappa shape index (κ2) is 6.69. The molecule has 4 rings (SSSR count). The molecule has 1 aliphatic carbocycles. The van der Waals surface area contributed by atoms with Gasteiger partial charge in [-0.25, -0.2) is 4.39 Å². The Hall–Kier alpha value is -1.46. The molecule has 0 unspecified atom stereocenters. The van der Waals surface area contributed by atoms with Gasteiger partial charge in [-0.15, -0.1) is 0 Å². The molecule has 3 fully saturated rings. The fourth-order valence-corrected chi connectivity index (χ4v) is 3.97. The maximum atomic E-state index is 13.3. The molecule has 2 heterocycles. The molecule has 1 spiro atoms. The highest BCUT2D eigenvalue weighted by Crippen LogP contribution is 2.38.